The Balaban J connectivity index is 2.67. The van der Waals surface area contributed by atoms with Gasteiger partial charge in [-0.05, 0) is 24.3 Å². The largest absolute Gasteiger partial charge is 0.301 e. The van der Waals surface area contributed by atoms with Crippen molar-refractivity contribution in [2.75, 3.05) is 0 Å². The van der Waals surface area contributed by atoms with Gasteiger partial charge in [-0.15, -0.1) is 0 Å². The van der Waals surface area contributed by atoms with Crippen LogP contribution in [0.4, 0.5) is 8.78 Å². The predicted molar refractivity (Wildman–Crippen MR) is 79.9 cm³/mol. The Hall–Kier alpha value is -0.910. The highest BCUT2D eigenvalue weighted by Gasteiger charge is 2.15. The minimum Gasteiger partial charge on any atom is -0.301 e. The van der Waals surface area contributed by atoms with Crippen molar-refractivity contribution in [3.63, 3.8) is 0 Å². The lowest BCUT2D eigenvalue weighted by molar-refractivity contribution is 0.126. The summed E-state index contributed by atoms with van der Waals surface area (Å²) >= 11 is 14.9. The molecule has 1 aromatic heterocycles. The second-order valence-electron chi connectivity index (χ2n) is 4.00. The smallest absolute Gasteiger partial charge is 0.269 e. The van der Waals surface area contributed by atoms with Crippen molar-refractivity contribution in [1.82, 2.24) is 4.57 Å². The molecule has 20 heavy (non-hydrogen) atoms. The third-order valence-corrected chi connectivity index (χ3v) is 3.83. The molecule has 0 bridgehead atoms. The number of rotatable bonds is 3. The van der Waals surface area contributed by atoms with Gasteiger partial charge in [0.05, 0.1) is 12.2 Å². The van der Waals surface area contributed by atoms with Crippen LogP contribution in [0.3, 0.4) is 0 Å². The Kier molecular flexibility index (Phi) is 4.83. The van der Waals surface area contributed by atoms with Gasteiger partial charge in [-0.25, -0.2) is 8.78 Å². The monoisotopic (exact) mass is 381 g/mol. The number of hydrogen-bond donors (Lipinski definition) is 0. The lowest BCUT2D eigenvalue weighted by Crippen LogP contribution is -2.25. The fourth-order valence-corrected chi connectivity index (χ4v) is 2.85. The molecule has 0 saturated carbocycles. The van der Waals surface area contributed by atoms with E-state index in [1.165, 1.54) is 12.1 Å². The quantitative estimate of drug-likeness (QED) is 0.743. The Morgan fingerprint density at radius 1 is 1.20 bits per heavy atom. The summed E-state index contributed by atoms with van der Waals surface area (Å²) in [6.45, 7) is -0.718. The van der Waals surface area contributed by atoms with Crippen LogP contribution >= 0.6 is 39.1 Å². The molecule has 0 N–H and O–H groups in total. The van der Waals surface area contributed by atoms with Crippen molar-refractivity contribution in [1.29, 1.82) is 0 Å². The van der Waals surface area contributed by atoms with Gasteiger partial charge in [-0.2, -0.15) is 0 Å². The molecule has 1 aromatic carbocycles. The molecule has 0 unspecified atom stereocenters. The van der Waals surface area contributed by atoms with E-state index in [1.807, 2.05) is 0 Å². The summed E-state index contributed by atoms with van der Waals surface area (Å²) in [7, 11) is 0. The van der Waals surface area contributed by atoms with Crippen LogP contribution in [0.15, 0.2) is 39.6 Å². The summed E-state index contributed by atoms with van der Waals surface area (Å²) in [5.41, 5.74) is 0.290. The van der Waals surface area contributed by atoms with Gasteiger partial charge in [-0.1, -0.05) is 45.2 Å². The van der Waals surface area contributed by atoms with E-state index in [1.54, 1.807) is 18.2 Å². The van der Waals surface area contributed by atoms with Gasteiger partial charge in [0, 0.05) is 15.1 Å². The molecule has 0 saturated heterocycles. The molecule has 0 spiro atoms. The lowest BCUT2D eigenvalue weighted by Gasteiger charge is -2.14. The van der Waals surface area contributed by atoms with Gasteiger partial charge < -0.3 is 4.57 Å². The maximum atomic E-state index is 12.7. The van der Waals surface area contributed by atoms with Crippen LogP contribution in [0.1, 0.15) is 0 Å². The third kappa shape index (κ3) is 3.22. The first-order valence-electron chi connectivity index (χ1n) is 5.53. The molecule has 0 atom stereocenters. The van der Waals surface area contributed by atoms with Crippen LogP contribution in [0.2, 0.25) is 10.0 Å². The topological polar surface area (TPSA) is 22.0 Å². The van der Waals surface area contributed by atoms with E-state index in [-0.39, 0.29) is 5.02 Å². The number of pyridine rings is 1. The molecule has 2 nitrogen and oxygen atoms in total. The van der Waals surface area contributed by atoms with Crippen molar-refractivity contribution in [2.45, 2.75) is 13.0 Å². The van der Waals surface area contributed by atoms with Gasteiger partial charge in [0.15, 0.2) is 0 Å². The first-order valence-corrected chi connectivity index (χ1v) is 7.08. The van der Waals surface area contributed by atoms with Crippen molar-refractivity contribution >= 4 is 39.1 Å². The summed E-state index contributed by atoms with van der Waals surface area (Å²) in [4.78, 5) is 11.9. The fourth-order valence-electron chi connectivity index (χ4n) is 1.80. The fraction of sp³-hybridized carbons (Fsp3) is 0.154. The van der Waals surface area contributed by atoms with Crippen LogP contribution < -0.4 is 5.56 Å². The van der Waals surface area contributed by atoms with E-state index in [0.717, 1.165) is 4.57 Å². The molecule has 0 aliphatic rings. The zero-order chi connectivity index (χ0) is 14.9. The molecular weight excluding hydrogens is 375 g/mol. The zero-order valence-corrected chi connectivity index (χ0v) is 13.0. The third-order valence-electron chi connectivity index (χ3n) is 2.66. The first-order chi connectivity index (χ1) is 9.40. The summed E-state index contributed by atoms with van der Waals surface area (Å²) in [5.74, 6) is 0. The molecule has 2 aromatic rings. The van der Waals surface area contributed by atoms with Gasteiger partial charge in [0.1, 0.15) is 5.02 Å². The highest BCUT2D eigenvalue weighted by atomic mass is 79.9. The number of alkyl halides is 2. The number of halogens is 5. The Morgan fingerprint density at radius 2 is 1.90 bits per heavy atom. The number of hydrogen-bond acceptors (Lipinski definition) is 1. The van der Waals surface area contributed by atoms with E-state index in [9.17, 15) is 13.6 Å². The molecule has 1 heterocycles. The average molecular weight is 383 g/mol. The van der Waals surface area contributed by atoms with Crippen molar-refractivity contribution in [2.24, 2.45) is 0 Å². The summed E-state index contributed by atoms with van der Waals surface area (Å²) < 4.78 is 26.9. The SMILES string of the molecule is O=c1c(Cl)ccc(-c2ccc(Cl)cc2Br)n1CC(F)F. The van der Waals surface area contributed by atoms with Crippen LogP contribution in [-0.2, 0) is 6.54 Å². The normalized spacial score (nSPS) is 11.1. The molecule has 0 aliphatic heterocycles. The minimum absolute atomic E-state index is 0.0977. The zero-order valence-electron chi connectivity index (χ0n) is 9.92. The van der Waals surface area contributed by atoms with Crippen LogP contribution in [-0.4, -0.2) is 11.0 Å². The van der Waals surface area contributed by atoms with Crippen molar-refractivity contribution < 1.29 is 8.78 Å². The summed E-state index contributed by atoms with van der Waals surface area (Å²) in [6.07, 6.45) is -2.66. The van der Waals surface area contributed by atoms with E-state index >= 15 is 0 Å². The first kappa shape index (κ1) is 15.5. The molecule has 7 heteroatoms. The molecule has 0 amide bonds. The van der Waals surface area contributed by atoms with Crippen molar-refractivity contribution in [3.8, 4) is 11.3 Å². The summed E-state index contributed by atoms with van der Waals surface area (Å²) in [5, 5.41) is 0.400. The molecule has 2 rings (SSSR count). The number of aromatic nitrogens is 1. The minimum atomic E-state index is -2.66. The number of nitrogens with zero attached hydrogens (tertiary/aromatic N) is 1. The van der Waals surface area contributed by atoms with Gasteiger partial charge in [0.25, 0.3) is 12.0 Å². The molecule has 0 fully saturated rings. The van der Waals surface area contributed by atoms with Crippen LogP contribution in [0.25, 0.3) is 11.3 Å². The number of benzene rings is 1. The van der Waals surface area contributed by atoms with Gasteiger partial charge in [0.2, 0.25) is 0 Å². The molecule has 106 valence electrons. The Bertz CT molecular complexity index is 703. The molecule has 0 aliphatic carbocycles. The Morgan fingerprint density at radius 3 is 2.50 bits per heavy atom. The van der Waals surface area contributed by atoms with E-state index in [4.69, 9.17) is 23.2 Å². The van der Waals surface area contributed by atoms with Gasteiger partial charge in [-0.3, -0.25) is 4.79 Å². The van der Waals surface area contributed by atoms with E-state index < -0.39 is 18.5 Å². The van der Waals surface area contributed by atoms with E-state index in [2.05, 4.69) is 15.9 Å². The molecule has 0 radical (unpaired) electrons. The van der Waals surface area contributed by atoms with E-state index in [0.29, 0.717) is 20.8 Å². The Labute approximate surface area is 132 Å². The second-order valence-corrected chi connectivity index (χ2v) is 5.70. The summed E-state index contributed by atoms with van der Waals surface area (Å²) in [6, 6.07) is 7.82. The highest BCUT2D eigenvalue weighted by molar-refractivity contribution is 9.10. The van der Waals surface area contributed by atoms with Crippen molar-refractivity contribution in [3.05, 3.63) is 55.2 Å². The maximum Gasteiger partial charge on any atom is 0.269 e. The second kappa shape index (κ2) is 6.24. The van der Waals surface area contributed by atoms with Crippen LogP contribution in [0, 0.1) is 0 Å². The lowest BCUT2D eigenvalue weighted by atomic mass is 10.1. The van der Waals surface area contributed by atoms with Gasteiger partial charge >= 0.3 is 0 Å². The molecular formula is C13H8BrCl2F2NO. The standard InChI is InChI=1S/C13H8BrCl2F2NO/c14-9-5-7(15)1-2-8(9)11-4-3-10(16)13(20)19(11)6-12(17)18/h1-5,12H,6H2. The average Bonchev–Trinajstić information content (AvgIpc) is 2.36. The maximum absolute atomic E-state index is 12.7. The van der Waals surface area contributed by atoms with Crippen LogP contribution in [0.5, 0.6) is 0 Å². The highest BCUT2D eigenvalue weighted by Crippen LogP contribution is 2.30. The predicted octanol–water partition coefficient (Wildman–Crippen LogP) is 4.85.